The van der Waals surface area contributed by atoms with Crippen molar-refractivity contribution in [3.8, 4) is 5.75 Å². The maximum atomic E-state index is 14.0. The molecule has 3 rings (SSSR count). The lowest BCUT2D eigenvalue weighted by molar-refractivity contribution is -0.151. The lowest BCUT2D eigenvalue weighted by Crippen LogP contribution is -2.60. The van der Waals surface area contributed by atoms with E-state index in [-0.39, 0.29) is 29.8 Å². The number of halogens is 1. The summed E-state index contributed by atoms with van der Waals surface area (Å²) in [5.41, 5.74) is 0.217. The average Bonchev–Trinajstić information content (AvgIpc) is 2.92. The van der Waals surface area contributed by atoms with Crippen LogP contribution in [0.3, 0.4) is 0 Å². The summed E-state index contributed by atoms with van der Waals surface area (Å²) in [5.74, 6) is -2.34. The maximum absolute atomic E-state index is 14.0. The summed E-state index contributed by atoms with van der Waals surface area (Å²) >= 11 is 0. The monoisotopic (exact) mass is 335 g/mol. The van der Waals surface area contributed by atoms with E-state index in [9.17, 15) is 18.8 Å². The third-order valence-electron chi connectivity index (χ3n) is 4.45. The highest BCUT2D eigenvalue weighted by Gasteiger charge is 2.46. The zero-order chi connectivity index (χ0) is 17.3. The molecule has 3 amide bonds. The number of amides is 3. The number of carbonyl (C=O) groups excluding carboxylic acids is 3. The summed E-state index contributed by atoms with van der Waals surface area (Å²) in [6, 6.07) is 3.83. The number of rotatable bonds is 3. The number of benzene rings is 1. The predicted molar refractivity (Wildman–Crippen MR) is 81.5 cm³/mol. The van der Waals surface area contributed by atoms with Crippen LogP contribution in [0.4, 0.5) is 4.39 Å². The quantitative estimate of drug-likeness (QED) is 0.758. The number of carbonyl (C=O) groups is 3. The Kier molecular flexibility index (Phi) is 4.37. The number of hydrogen-bond donors (Lipinski definition) is 2. The van der Waals surface area contributed by atoms with Crippen LogP contribution in [0.15, 0.2) is 18.2 Å². The fourth-order valence-corrected chi connectivity index (χ4v) is 3.20. The molecule has 1 aromatic rings. The first-order valence-corrected chi connectivity index (χ1v) is 7.72. The molecule has 8 heteroatoms. The second kappa shape index (κ2) is 6.46. The Bertz CT molecular complexity index is 694. The van der Waals surface area contributed by atoms with Crippen molar-refractivity contribution in [1.82, 2.24) is 15.5 Å². The molecule has 2 bridgehead atoms. The van der Waals surface area contributed by atoms with Crippen LogP contribution in [0.5, 0.6) is 5.75 Å². The molecule has 0 aliphatic carbocycles. The molecule has 2 saturated heterocycles. The Morgan fingerprint density at radius 1 is 1.42 bits per heavy atom. The molecule has 0 radical (unpaired) electrons. The maximum Gasteiger partial charge on any atom is 0.312 e. The van der Waals surface area contributed by atoms with Crippen molar-refractivity contribution in [1.29, 1.82) is 0 Å². The Morgan fingerprint density at radius 3 is 2.96 bits per heavy atom. The molecule has 2 unspecified atom stereocenters. The van der Waals surface area contributed by atoms with Crippen molar-refractivity contribution in [2.75, 3.05) is 13.7 Å². The van der Waals surface area contributed by atoms with Crippen LogP contribution in [0.1, 0.15) is 18.4 Å². The van der Waals surface area contributed by atoms with Crippen molar-refractivity contribution >= 4 is 17.7 Å². The van der Waals surface area contributed by atoms with Gasteiger partial charge in [-0.2, -0.15) is 0 Å². The number of piperazine rings is 1. The van der Waals surface area contributed by atoms with Crippen LogP contribution in [0.25, 0.3) is 0 Å². The van der Waals surface area contributed by atoms with Crippen molar-refractivity contribution < 1.29 is 23.5 Å². The van der Waals surface area contributed by atoms with Gasteiger partial charge in [0.1, 0.15) is 6.04 Å². The molecule has 2 aliphatic rings. The van der Waals surface area contributed by atoms with E-state index in [0.29, 0.717) is 19.4 Å². The standard InChI is InChI=1S/C16H18FN3O4/c1-24-12-4-2-3-9(13(12)17)7-18-15(22)16(23)20-10-5-6-11(20)14(21)19-8-10/h2-4,10-11H,5-8H2,1H3,(H,18,22)(H,19,21). The van der Waals surface area contributed by atoms with Crippen LogP contribution in [0, 0.1) is 5.82 Å². The predicted octanol–water partition coefficient (Wildman–Crippen LogP) is -0.0601. The summed E-state index contributed by atoms with van der Waals surface area (Å²) in [6.45, 7) is 0.224. The van der Waals surface area contributed by atoms with Gasteiger partial charge >= 0.3 is 11.8 Å². The van der Waals surface area contributed by atoms with Gasteiger partial charge in [0, 0.05) is 18.7 Å². The highest BCUT2D eigenvalue weighted by molar-refractivity contribution is 6.35. The van der Waals surface area contributed by atoms with Gasteiger partial charge in [0.25, 0.3) is 0 Å². The molecule has 7 nitrogen and oxygen atoms in total. The largest absolute Gasteiger partial charge is 0.494 e. The minimum atomic E-state index is -0.844. The first-order valence-electron chi connectivity index (χ1n) is 7.72. The van der Waals surface area contributed by atoms with Crippen LogP contribution in [-0.4, -0.2) is 48.4 Å². The first kappa shape index (κ1) is 16.2. The number of ether oxygens (including phenoxy) is 1. The smallest absolute Gasteiger partial charge is 0.312 e. The van der Waals surface area contributed by atoms with Gasteiger partial charge in [0.2, 0.25) is 5.91 Å². The van der Waals surface area contributed by atoms with Gasteiger partial charge in [-0.3, -0.25) is 14.4 Å². The molecular formula is C16H18FN3O4. The molecule has 2 N–H and O–H groups in total. The van der Waals surface area contributed by atoms with Gasteiger partial charge in [-0.15, -0.1) is 0 Å². The van der Waals surface area contributed by atoms with E-state index in [1.165, 1.54) is 24.1 Å². The van der Waals surface area contributed by atoms with E-state index in [1.807, 2.05) is 0 Å². The van der Waals surface area contributed by atoms with Crippen molar-refractivity contribution in [3.63, 3.8) is 0 Å². The molecule has 24 heavy (non-hydrogen) atoms. The number of nitrogens with zero attached hydrogens (tertiary/aromatic N) is 1. The second-order valence-electron chi connectivity index (χ2n) is 5.82. The van der Waals surface area contributed by atoms with E-state index < -0.39 is 23.7 Å². The van der Waals surface area contributed by atoms with Gasteiger partial charge in [0.15, 0.2) is 11.6 Å². The van der Waals surface area contributed by atoms with Gasteiger partial charge < -0.3 is 20.3 Å². The molecule has 2 aliphatic heterocycles. The zero-order valence-electron chi connectivity index (χ0n) is 13.2. The van der Waals surface area contributed by atoms with Crippen LogP contribution < -0.4 is 15.4 Å². The highest BCUT2D eigenvalue weighted by atomic mass is 19.1. The molecule has 0 aromatic heterocycles. The van der Waals surface area contributed by atoms with Gasteiger partial charge in [-0.25, -0.2) is 4.39 Å². The molecular weight excluding hydrogens is 317 g/mol. The fourth-order valence-electron chi connectivity index (χ4n) is 3.20. The topological polar surface area (TPSA) is 87.7 Å². The van der Waals surface area contributed by atoms with Crippen LogP contribution >= 0.6 is 0 Å². The first-order chi connectivity index (χ1) is 11.5. The van der Waals surface area contributed by atoms with Crippen LogP contribution in [-0.2, 0) is 20.9 Å². The number of fused-ring (bicyclic) bond motifs is 2. The lowest BCUT2D eigenvalue weighted by Gasteiger charge is -2.33. The number of hydrogen-bond acceptors (Lipinski definition) is 4. The van der Waals surface area contributed by atoms with E-state index in [2.05, 4.69) is 10.6 Å². The van der Waals surface area contributed by atoms with E-state index >= 15 is 0 Å². The number of nitrogens with one attached hydrogen (secondary N) is 2. The molecule has 2 fully saturated rings. The normalized spacial score (nSPS) is 22.1. The lowest BCUT2D eigenvalue weighted by atomic mass is 10.2. The second-order valence-corrected chi connectivity index (χ2v) is 5.82. The third-order valence-corrected chi connectivity index (χ3v) is 4.45. The molecule has 2 heterocycles. The highest BCUT2D eigenvalue weighted by Crippen LogP contribution is 2.27. The van der Waals surface area contributed by atoms with E-state index in [1.54, 1.807) is 6.07 Å². The summed E-state index contributed by atoms with van der Waals surface area (Å²) in [6.07, 6.45) is 1.24. The van der Waals surface area contributed by atoms with Gasteiger partial charge in [0.05, 0.1) is 13.2 Å². The minimum absolute atomic E-state index is 0.0684. The molecule has 2 atom stereocenters. The molecule has 0 spiro atoms. The number of methoxy groups -OCH3 is 1. The molecule has 128 valence electrons. The van der Waals surface area contributed by atoms with Crippen molar-refractivity contribution in [2.24, 2.45) is 0 Å². The summed E-state index contributed by atoms with van der Waals surface area (Å²) < 4.78 is 18.9. The van der Waals surface area contributed by atoms with Crippen LogP contribution in [0.2, 0.25) is 0 Å². The Morgan fingerprint density at radius 2 is 2.21 bits per heavy atom. The Balaban J connectivity index is 1.65. The van der Waals surface area contributed by atoms with E-state index in [0.717, 1.165) is 0 Å². The Labute approximate surface area is 138 Å². The van der Waals surface area contributed by atoms with Crippen molar-refractivity contribution in [2.45, 2.75) is 31.5 Å². The van der Waals surface area contributed by atoms with E-state index in [4.69, 9.17) is 4.74 Å². The average molecular weight is 335 g/mol. The summed E-state index contributed by atoms with van der Waals surface area (Å²) in [5, 5.41) is 5.13. The van der Waals surface area contributed by atoms with Gasteiger partial charge in [-0.05, 0) is 18.9 Å². The minimum Gasteiger partial charge on any atom is -0.494 e. The SMILES string of the molecule is COc1cccc(CNC(=O)C(=O)N2C3CCC2C(=O)NC3)c1F. The third kappa shape index (κ3) is 2.79. The summed E-state index contributed by atoms with van der Waals surface area (Å²) in [7, 11) is 1.35. The zero-order valence-corrected chi connectivity index (χ0v) is 13.2. The molecule has 1 aromatic carbocycles. The molecule has 0 saturated carbocycles. The summed E-state index contributed by atoms with van der Waals surface area (Å²) in [4.78, 5) is 37.6. The fraction of sp³-hybridized carbons (Fsp3) is 0.438. The van der Waals surface area contributed by atoms with Crippen molar-refractivity contribution in [3.05, 3.63) is 29.6 Å². The van der Waals surface area contributed by atoms with Gasteiger partial charge in [-0.1, -0.05) is 12.1 Å². The Hall–Kier alpha value is -2.64.